The Hall–Kier alpha value is -3.32. The fraction of sp³-hybridized carbons (Fsp3) is 0.136. The van der Waals surface area contributed by atoms with E-state index in [9.17, 15) is 9.59 Å². The Morgan fingerprint density at radius 2 is 1.83 bits per heavy atom. The molecule has 1 aliphatic heterocycles. The van der Waals surface area contributed by atoms with Gasteiger partial charge in [-0.15, -0.1) is 6.58 Å². The van der Waals surface area contributed by atoms with E-state index in [-0.39, 0.29) is 11.5 Å². The van der Waals surface area contributed by atoms with Crippen molar-refractivity contribution in [3.63, 3.8) is 0 Å². The maximum absolute atomic E-state index is 12.8. The summed E-state index contributed by atoms with van der Waals surface area (Å²) in [5, 5.41) is 9.55. The number of nitrogens with zero attached hydrogens (tertiary/aromatic N) is 3. The molecule has 0 bridgehead atoms. The normalized spacial score (nSPS) is 16.5. The molecule has 0 aliphatic carbocycles. The minimum Gasteiger partial charge on any atom is -0.478 e. The molecule has 1 fully saturated rings. The molecule has 1 N–H and O–H groups in total. The Labute approximate surface area is 173 Å². The van der Waals surface area contributed by atoms with Gasteiger partial charge in [0.25, 0.3) is 5.91 Å². The Kier molecular flexibility index (Phi) is 6.19. The molecule has 1 heterocycles. The number of hydrogen-bond donors (Lipinski definition) is 1. The third-order valence-corrected chi connectivity index (χ3v) is 5.25. The van der Waals surface area contributed by atoms with Crippen LogP contribution in [0.1, 0.15) is 15.9 Å². The van der Waals surface area contributed by atoms with E-state index >= 15 is 0 Å². The Bertz CT molecular complexity index is 993. The SMILES string of the molecule is C=CCN1C(=O)/C(=C/c2ccc(N(C)C)cc2)SC1=Nc1ccc(C(=O)O)cc1. The number of carbonyl (C=O) groups is 2. The van der Waals surface area contributed by atoms with E-state index < -0.39 is 5.97 Å². The van der Waals surface area contributed by atoms with Crippen molar-refractivity contribution in [2.24, 2.45) is 4.99 Å². The van der Waals surface area contributed by atoms with Crippen LogP contribution in [0.15, 0.2) is 71.1 Å². The van der Waals surface area contributed by atoms with Crippen molar-refractivity contribution < 1.29 is 14.7 Å². The molecule has 7 heteroatoms. The highest BCUT2D eigenvalue weighted by molar-refractivity contribution is 8.18. The van der Waals surface area contributed by atoms with Gasteiger partial charge in [0.1, 0.15) is 0 Å². The molecule has 148 valence electrons. The molecule has 1 saturated heterocycles. The molecule has 0 unspecified atom stereocenters. The fourth-order valence-electron chi connectivity index (χ4n) is 2.69. The Balaban J connectivity index is 1.89. The number of carboxylic acids is 1. The monoisotopic (exact) mass is 407 g/mol. The molecular weight excluding hydrogens is 386 g/mol. The van der Waals surface area contributed by atoms with Gasteiger partial charge in [-0.25, -0.2) is 9.79 Å². The van der Waals surface area contributed by atoms with Crippen molar-refractivity contribution in [3.05, 3.63) is 77.2 Å². The van der Waals surface area contributed by atoms with Crippen LogP contribution in [0.4, 0.5) is 11.4 Å². The number of aromatic carboxylic acids is 1. The molecule has 0 aromatic heterocycles. The van der Waals surface area contributed by atoms with Crippen LogP contribution >= 0.6 is 11.8 Å². The van der Waals surface area contributed by atoms with Gasteiger partial charge in [-0.2, -0.15) is 0 Å². The van der Waals surface area contributed by atoms with E-state index in [0.29, 0.717) is 22.3 Å². The maximum atomic E-state index is 12.8. The first-order valence-corrected chi connectivity index (χ1v) is 9.72. The van der Waals surface area contributed by atoms with E-state index in [1.807, 2.05) is 49.3 Å². The van der Waals surface area contributed by atoms with Crippen LogP contribution in [0.5, 0.6) is 0 Å². The topological polar surface area (TPSA) is 73.2 Å². The highest BCUT2D eigenvalue weighted by Crippen LogP contribution is 2.34. The number of benzene rings is 2. The molecular formula is C22H21N3O3S. The highest BCUT2D eigenvalue weighted by atomic mass is 32.2. The molecule has 0 atom stereocenters. The zero-order chi connectivity index (χ0) is 21.0. The zero-order valence-electron chi connectivity index (χ0n) is 16.2. The second kappa shape index (κ2) is 8.79. The predicted octanol–water partition coefficient (Wildman–Crippen LogP) is 4.24. The summed E-state index contributed by atoms with van der Waals surface area (Å²) >= 11 is 1.29. The summed E-state index contributed by atoms with van der Waals surface area (Å²) in [6, 6.07) is 14.1. The van der Waals surface area contributed by atoms with E-state index in [1.165, 1.54) is 23.9 Å². The lowest BCUT2D eigenvalue weighted by Gasteiger charge is -2.12. The van der Waals surface area contributed by atoms with Gasteiger partial charge in [-0.1, -0.05) is 18.2 Å². The van der Waals surface area contributed by atoms with E-state index in [2.05, 4.69) is 11.6 Å². The van der Waals surface area contributed by atoms with Crippen molar-refractivity contribution in [3.8, 4) is 0 Å². The lowest BCUT2D eigenvalue weighted by atomic mass is 10.2. The summed E-state index contributed by atoms with van der Waals surface area (Å²) in [5.74, 6) is -1.12. The fourth-order valence-corrected chi connectivity index (χ4v) is 3.70. The molecule has 1 aliphatic rings. The number of aliphatic imine (C=N–C) groups is 1. The highest BCUT2D eigenvalue weighted by Gasteiger charge is 2.32. The smallest absolute Gasteiger partial charge is 0.335 e. The van der Waals surface area contributed by atoms with Crippen LogP contribution in [0.2, 0.25) is 0 Å². The summed E-state index contributed by atoms with van der Waals surface area (Å²) in [6.07, 6.45) is 3.49. The van der Waals surface area contributed by atoms with Crippen LogP contribution in [-0.2, 0) is 4.79 Å². The number of carbonyl (C=O) groups excluding carboxylic acids is 1. The molecule has 0 saturated carbocycles. The first kappa shape index (κ1) is 20.4. The number of anilines is 1. The quantitative estimate of drug-likeness (QED) is 0.573. The van der Waals surface area contributed by atoms with Crippen molar-refractivity contribution >= 4 is 46.3 Å². The molecule has 3 rings (SSSR count). The molecule has 2 aromatic rings. The zero-order valence-corrected chi connectivity index (χ0v) is 17.0. The van der Waals surface area contributed by atoms with Gasteiger partial charge in [0.2, 0.25) is 0 Å². The Morgan fingerprint density at radius 1 is 1.17 bits per heavy atom. The summed E-state index contributed by atoms with van der Waals surface area (Å²) in [6.45, 7) is 4.06. The predicted molar refractivity (Wildman–Crippen MR) is 119 cm³/mol. The number of carboxylic acid groups (broad SMARTS) is 1. The van der Waals surface area contributed by atoms with Crippen molar-refractivity contribution in [1.82, 2.24) is 4.90 Å². The third-order valence-electron chi connectivity index (χ3n) is 4.25. The molecule has 2 aromatic carbocycles. The standard InChI is InChI=1S/C22H21N3O3S/c1-4-13-25-20(26)19(14-15-5-11-18(12-6-15)24(2)3)29-22(25)23-17-9-7-16(8-10-17)21(27)28/h4-12,14H,1,13H2,2-3H3,(H,27,28)/b19-14-,23-22?. The van der Waals surface area contributed by atoms with Crippen LogP contribution in [-0.4, -0.2) is 47.7 Å². The second-order valence-corrected chi connectivity index (χ2v) is 7.56. The molecule has 1 amide bonds. The van der Waals surface area contributed by atoms with Crippen LogP contribution in [0.25, 0.3) is 6.08 Å². The third kappa shape index (κ3) is 4.75. The average molecular weight is 407 g/mol. The summed E-state index contributed by atoms with van der Waals surface area (Å²) in [4.78, 5) is 32.5. The second-order valence-electron chi connectivity index (χ2n) is 6.55. The van der Waals surface area contributed by atoms with Gasteiger partial charge in [0.15, 0.2) is 5.17 Å². The number of hydrogen-bond acceptors (Lipinski definition) is 5. The first-order valence-electron chi connectivity index (χ1n) is 8.91. The summed E-state index contributed by atoms with van der Waals surface area (Å²) in [7, 11) is 3.95. The Morgan fingerprint density at radius 3 is 2.38 bits per heavy atom. The van der Waals surface area contributed by atoms with E-state index in [4.69, 9.17) is 5.11 Å². The van der Waals surface area contributed by atoms with E-state index in [1.54, 1.807) is 23.1 Å². The summed E-state index contributed by atoms with van der Waals surface area (Å²) in [5.41, 5.74) is 2.78. The largest absolute Gasteiger partial charge is 0.478 e. The van der Waals surface area contributed by atoms with Crippen molar-refractivity contribution in [1.29, 1.82) is 0 Å². The average Bonchev–Trinajstić information content (AvgIpc) is 2.98. The van der Waals surface area contributed by atoms with Crippen LogP contribution < -0.4 is 4.90 Å². The maximum Gasteiger partial charge on any atom is 0.335 e. The minimum absolute atomic E-state index is 0.132. The van der Waals surface area contributed by atoms with Gasteiger partial charge in [0, 0.05) is 26.3 Å². The number of amidine groups is 1. The molecule has 0 spiro atoms. The number of rotatable bonds is 6. The first-order chi connectivity index (χ1) is 13.9. The molecule has 29 heavy (non-hydrogen) atoms. The van der Waals surface area contributed by atoms with Crippen LogP contribution in [0, 0.1) is 0 Å². The van der Waals surface area contributed by atoms with Crippen LogP contribution in [0.3, 0.4) is 0 Å². The minimum atomic E-state index is -0.992. The van der Waals surface area contributed by atoms with Gasteiger partial charge in [0.05, 0.1) is 16.2 Å². The van der Waals surface area contributed by atoms with Gasteiger partial charge in [-0.3, -0.25) is 9.69 Å². The lowest BCUT2D eigenvalue weighted by molar-refractivity contribution is -0.121. The van der Waals surface area contributed by atoms with Gasteiger partial charge in [-0.05, 0) is 59.8 Å². The molecule has 6 nitrogen and oxygen atoms in total. The summed E-state index contributed by atoms with van der Waals surface area (Å²) < 4.78 is 0. The van der Waals surface area contributed by atoms with Gasteiger partial charge >= 0.3 is 5.97 Å². The number of amides is 1. The van der Waals surface area contributed by atoms with Crippen molar-refractivity contribution in [2.45, 2.75) is 0 Å². The van der Waals surface area contributed by atoms with E-state index in [0.717, 1.165) is 11.3 Å². The van der Waals surface area contributed by atoms with Crippen molar-refractivity contribution in [2.75, 3.05) is 25.5 Å². The van der Waals surface area contributed by atoms with Gasteiger partial charge < -0.3 is 10.0 Å². The molecule has 0 radical (unpaired) electrons. The number of thioether (sulfide) groups is 1. The lowest BCUT2D eigenvalue weighted by Crippen LogP contribution is -2.29.